The summed E-state index contributed by atoms with van der Waals surface area (Å²) in [7, 11) is 0. The average Bonchev–Trinajstić information content (AvgIpc) is 2.52. The number of aliphatic hydroxyl groups is 1. The van der Waals surface area contributed by atoms with Gasteiger partial charge in [0.05, 0.1) is 31.5 Å². The van der Waals surface area contributed by atoms with Gasteiger partial charge in [0.2, 0.25) is 0 Å². The van der Waals surface area contributed by atoms with E-state index in [9.17, 15) is 5.11 Å². The molecule has 3 heteroatoms. The smallest absolute Gasteiger partial charge is 0.0889 e. The molecule has 0 radical (unpaired) electrons. The van der Waals surface area contributed by atoms with E-state index in [1.54, 1.807) is 0 Å². The van der Waals surface area contributed by atoms with Crippen molar-refractivity contribution in [2.75, 3.05) is 6.61 Å². The van der Waals surface area contributed by atoms with Crippen molar-refractivity contribution in [2.45, 2.75) is 79.3 Å². The summed E-state index contributed by atoms with van der Waals surface area (Å²) in [6.45, 7) is 13.8. The number of hydrogen-bond acceptors (Lipinski definition) is 3. The Kier molecular flexibility index (Phi) is 7.54. The topological polar surface area (TPSA) is 38.7 Å². The third kappa shape index (κ3) is 5.38. The highest BCUT2D eigenvalue weighted by molar-refractivity contribution is 5.36. The molecule has 22 heavy (non-hydrogen) atoms. The van der Waals surface area contributed by atoms with Gasteiger partial charge in [-0.15, -0.1) is 0 Å². The second-order valence-electron chi connectivity index (χ2n) is 6.49. The van der Waals surface area contributed by atoms with Crippen LogP contribution < -0.4 is 0 Å². The zero-order valence-corrected chi connectivity index (χ0v) is 15.0. The van der Waals surface area contributed by atoms with Gasteiger partial charge in [0.1, 0.15) is 0 Å². The van der Waals surface area contributed by atoms with Crippen molar-refractivity contribution in [3.8, 4) is 0 Å². The maximum absolute atomic E-state index is 9.33. The first-order chi connectivity index (χ1) is 10.3. The standard InChI is InChI=1S/C19H32O3/c1-7-16(5)21-13-19(6,8-2)22-12-18-10-14(3)17(11-20)9-15(18)4/h9-10,16,20H,7-8,11-13H2,1-6H3. The number of hydrogen-bond donors (Lipinski definition) is 1. The Morgan fingerprint density at radius 3 is 2.27 bits per heavy atom. The molecule has 2 unspecified atom stereocenters. The molecule has 0 aliphatic carbocycles. The van der Waals surface area contributed by atoms with Crippen molar-refractivity contribution in [2.24, 2.45) is 0 Å². The van der Waals surface area contributed by atoms with Crippen molar-refractivity contribution in [1.29, 1.82) is 0 Å². The Bertz CT molecular complexity index is 470. The monoisotopic (exact) mass is 308 g/mol. The first kappa shape index (κ1) is 19.1. The highest BCUT2D eigenvalue weighted by atomic mass is 16.5. The minimum atomic E-state index is -0.264. The van der Waals surface area contributed by atoms with Crippen LogP contribution in [0.15, 0.2) is 12.1 Å². The third-order valence-corrected chi connectivity index (χ3v) is 4.54. The summed E-state index contributed by atoms with van der Waals surface area (Å²) in [5.41, 5.74) is 4.17. The number of aliphatic hydroxyl groups excluding tert-OH is 1. The summed E-state index contributed by atoms with van der Waals surface area (Å²) >= 11 is 0. The SMILES string of the molecule is CCC(C)OCC(C)(CC)OCc1cc(C)c(CO)cc1C. The fraction of sp³-hybridized carbons (Fsp3) is 0.684. The minimum absolute atomic E-state index is 0.0865. The lowest BCUT2D eigenvalue weighted by Crippen LogP contribution is -2.35. The van der Waals surface area contributed by atoms with Crippen LogP contribution in [0, 0.1) is 13.8 Å². The largest absolute Gasteiger partial charge is 0.392 e. The highest BCUT2D eigenvalue weighted by Crippen LogP contribution is 2.22. The zero-order chi connectivity index (χ0) is 16.8. The van der Waals surface area contributed by atoms with Crippen molar-refractivity contribution in [1.82, 2.24) is 0 Å². The van der Waals surface area contributed by atoms with E-state index in [1.165, 1.54) is 5.56 Å². The molecule has 2 atom stereocenters. The molecular formula is C19H32O3. The predicted molar refractivity (Wildman–Crippen MR) is 91.0 cm³/mol. The van der Waals surface area contributed by atoms with E-state index in [-0.39, 0.29) is 18.3 Å². The predicted octanol–water partition coefficient (Wildman–Crippen LogP) is 4.30. The Hall–Kier alpha value is -0.900. The van der Waals surface area contributed by atoms with Crippen molar-refractivity contribution in [3.63, 3.8) is 0 Å². The first-order valence-corrected chi connectivity index (χ1v) is 8.30. The summed E-state index contributed by atoms with van der Waals surface area (Å²) in [5, 5.41) is 9.33. The molecule has 0 heterocycles. The van der Waals surface area contributed by atoms with Crippen LogP contribution in [0.25, 0.3) is 0 Å². The quantitative estimate of drug-likeness (QED) is 0.739. The van der Waals surface area contributed by atoms with Crippen LogP contribution in [0.1, 0.15) is 62.8 Å². The Morgan fingerprint density at radius 2 is 1.73 bits per heavy atom. The van der Waals surface area contributed by atoms with E-state index in [4.69, 9.17) is 9.47 Å². The van der Waals surface area contributed by atoms with Gasteiger partial charge in [0.15, 0.2) is 0 Å². The van der Waals surface area contributed by atoms with Crippen LogP contribution in [-0.2, 0) is 22.7 Å². The van der Waals surface area contributed by atoms with E-state index in [1.807, 2.05) is 13.0 Å². The van der Waals surface area contributed by atoms with Crippen LogP contribution in [0.2, 0.25) is 0 Å². The molecule has 1 aromatic rings. The van der Waals surface area contributed by atoms with E-state index in [0.717, 1.165) is 29.5 Å². The molecule has 0 fully saturated rings. The van der Waals surface area contributed by atoms with Gasteiger partial charge >= 0.3 is 0 Å². The molecule has 0 aliphatic rings. The molecule has 0 spiro atoms. The van der Waals surface area contributed by atoms with Crippen LogP contribution in [-0.4, -0.2) is 23.4 Å². The van der Waals surface area contributed by atoms with Crippen molar-refractivity contribution in [3.05, 3.63) is 34.4 Å². The lowest BCUT2D eigenvalue weighted by atomic mass is 10.00. The van der Waals surface area contributed by atoms with E-state index in [0.29, 0.717) is 13.2 Å². The molecule has 1 aromatic carbocycles. The molecule has 1 N–H and O–H groups in total. The molecule has 0 amide bonds. The lowest BCUT2D eigenvalue weighted by molar-refractivity contribution is -0.111. The summed E-state index contributed by atoms with van der Waals surface area (Å²) in [5.74, 6) is 0. The summed E-state index contributed by atoms with van der Waals surface area (Å²) in [6.07, 6.45) is 2.19. The fourth-order valence-corrected chi connectivity index (χ4v) is 2.20. The number of ether oxygens (including phenoxy) is 2. The second-order valence-corrected chi connectivity index (χ2v) is 6.49. The number of benzene rings is 1. The fourth-order valence-electron chi connectivity index (χ4n) is 2.20. The normalized spacial score (nSPS) is 15.6. The van der Waals surface area contributed by atoms with Gasteiger partial charge in [0, 0.05) is 0 Å². The molecular weight excluding hydrogens is 276 g/mol. The Balaban J connectivity index is 2.72. The van der Waals surface area contributed by atoms with Gasteiger partial charge in [-0.25, -0.2) is 0 Å². The molecule has 0 saturated carbocycles. The highest BCUT2D eigenvalue weighted by Gasteiger charge is 2.24. The van der Waals surface area contributed by atoms with E-state index >= 15 is 0 Å². The molecule has 0 aromatic heterocycles. The van der Waals surface area contributed by atoms with E-state index < -0.39 is 0 Å². The molecule has 3 nitrogen and oxygen atoms in total. The van der Waals surface area contributed by atoms with Gasteiger partial charge in [0.25, 0.3) is 0 Å². The van der Waals surface area contributed by atoms with Crippen LogP contribution >= 0.6 is 0 Å². The van der Waals surface area contributed by atoms with Crippen LogP contribution in [0.3, 0.4) is 0 Å². The molecule has 0 saturated heterocycles. The summed E-state index contributed by atoms with van der Waals surface area (Å²) in [6, 6.07) is 4.17. The van der Waals surface area contributed by atoms with E-state index in [2.05, 4.69) is 40.7 Å². The first-order valence-electron chi connectivity index (χ1n) is 8.30. The van der Waals surface area contributed by atoms with Crippen LogP contribution in [0.4, 0.5) is 0 Å². The summed E-state index contributed by atoms with van der Waals surface area (Å²) < 4.78 is 12.0. The van der Waals surface area contributed by atoms with Gasteiger partial charge in [-0.2, -0.15) is 0 Å². The number of rotatable bonds is 9. The third-order valence-electron chi connectivity index (χ3n) is 4.54. The average molecular weight is 308 g/mol. The van der Waals surface area contributed by atoms with Gasteiger partial charge < -0.3 is 14.6 Å². The summed E-state index contributed by atoms with van der Waals surface area (Å²) in [4.78, 5) is 0. The van der Waals surface area contributed by atoms with Gasteiger partial charge in [-0.05, 0) is 62.8 Å². The Morgan fingerprint density at radius 1 is 1.14 bits per heavy atom. The maximum Gasteiger partial charge on any atom is 0.0889 e. The second kappa shape index (κ2) is 8.66. The molecule has 0 bridgehead atoms. The Labute approximate surface area is 135 Å². The molecule has 0 aliphatic heterocycles. The van der Waals surface area contributed by atoms with Crippen molar-refractivity contribution >= 4 is 0 Å². The zero-order valence-electron chi connectivity index (χ0n) is 15.0. The lowest BCUT2D eigenvalue weighted by Gasteiger charge is -2.30. The minimum Gasteiger partial charge on any atom is -0.392 e. The van der Waals surface area contributed by atoms with Crippen molar-refractivity contribution < 1.29 is 14.6 Å². The van der Waals surface area contributed by atoms with Crippen LogP contribution in [0.5, 0.6) is 0 Å². The molecule has 126 valence electrons. The van der Waals surface area contributed by atoms with Gasteiger partial charge in [-0.1, -0.05) is 26.0 Å². The number of aryl methyl sites for hydroxylation is 2. The maximum atomic E-state index is 9.33. The van der Waals surface area contributed by atoms with Gasteiger partial charge in [-0.3, -0.25) is 0 Å². The molecule has 1 rings (SSSR count).